The number of nitrogens with one attached hydrogen (secondary N) is 1. The zero-order valence-electron chi connectivity index (χ0n) is 19.4. The monoisotopic (exact) mass is 434 g/mol. The maximum absolute atomic E-state index is 13.5. The van der Waals surface area contributed by atoms with E-state index in [2.05, 4.69) is 34.2 Å². The Hall–Kier alpha value is -2.96. The van der Waals surface area contributed by atoms with Crippen LogP contribution in [0.25, 0.3) is 11.0 Å². The molecule has 4 rings (SSSR count). The van der Waals surface area contributed by atoms with Gasteiger partial charge in [0, 0.05) is 44.8 Å². The van der Waals surface area contributed by atoms with E-state index in [0.29, 0.717) is 24.1 Å². The number of rotatable bonds is 8. The Labute approximate surface area is 190 Å². The minimum absolute atomic E-state index is 0.0175. The quantitative estimate of drug-likeness (QED) is 0.563. The molecular weight excluding hydrogens is 400 g/mol. The number of hydrogen-bond donors (Lipinski definition) is 1. The van der Waals surface area contributed by atoms with Crippen LogP contribution in [-0.2, 0) is 13.0 Å². The molecule has 170 valence electrons. The molecule has 7 nitrogen and oxygen atoms in total. The summed E-state index contributed by atoms with van der Waals surface area (Å²) in [5.74, 6) is 0.608. The van der Waals surface area contributed by atoms with Crippen LogP contribution in [0, 0.1) is 5.92 Å². The topological polar surface area (TPSA) is 75.9 Å². The summed E-state index contributed by atoms with van der Waals surface area (Å²) in [5.41, 5.74) is 3.48. The van der Waals surface area contributed by atoms with Gasteiger partial charge < -0.3 is 10.2 Å². The number of pyridine rings is 2. The average Bonchev–Trinajstić information content (AvgIpc) is 3.27. The molecule has 1 fully saturated rings. The predicted molar refractivity (Wildman–Crippen MR) is 128 cm³/mol. The molecule has 32 heavy (non-hydrogen) atoms. The van der Waals surface area contributed by atoms with Crippen molar-refractivity contribution in [3.05, 3.63) is 48.0 Å². The third-order valence-corrected chi connectivity index (χ3v) is 6.76. The van der Waals surface area contributed by atoms with Gasteiger partial charge in [-0.25, -0.2) is 9.67 Å². The summed E-state index contributed by atoms with van der Waals surface area (Å²) in [5, 5.41) is 9.14. The molecule has 3 aromatic rings. The fourth-order valence-corrected chi connectivity index (χ4v) is 4.71. The van der Waals surface area contributed by atoms with Crippen LogP contribution in [0.1, 0.15) is 61.9 Å². The number of aryl methyl sites for hydroxylation is 1. The standard InChI is InChI=1S/C25H34N6O/c1-4-31-24-21(17-28-31)23(29-18(2)20-8-6-5-7-9-20)22(16-27-24)25(32)30(3)15-12-19-10-13-26-14-11-19/h10-11,13-14,16-18,20H,4-9,12,15H2,1-3H3,(H,27,29). The van der Waals surface area contributed by atoms with Gasteiger partial charge in [0.25, 0.3) is 5.91 Å². The van der Waals surface area contributed by atoms with E-state index in [1.165, 1.54) is 37.7 Å². The number of carbonyl (C=O) groups is 1. The molecule has 1 saturated carbocycles. The van der Waals surface area contributed by atoms with E-state index in [9.17, 15) is 4.79 Å². The highest BCUT2D eigenvalue weighted by molar-refractivity contribution is 6.06. The highest BCUT2D eigenvalue weighted by Crippen LogP contribution is 2.32. The minimum atomic E-state index is -0.0175. The van der Waals surface area contributed by atoms with Gasteiger partial charge in [0.05, 0.1) is 22.8 Å². The van der Waals surface area contributed by atoms with Crippen molar-refractivity contribution in [1.82, 2.24) is 24.6 Å². The number of amides is 1. The molecule has 3 heterocycles. The van der Waals surface area contributed by atoms with Crippen LogP contribution in [0.5, 0.6) is 0 Å². The smallest absolute Gasteiger partial charge is 0.257 e. The van der Waals surface area contributed by atoms with Crippen LogP contribution >= 0.6 is 0 Å². The van der Waals surface area contributed by atoms with Crippen LogP contribution < -0.4 is 5.32 Å². The molecule has 1 amide bonds. The van der Waals surface area contributed by atoms with Gasteiger partial charge in [0.2, 0.25) is 0 Å². The second kappa shape index (κ2) is 10.1. The lowest BCUT2D eigenvalue weighted by Crippen LogP contribution is -2.32. The summed E-state index contributed by atoms with van der Waals surface area (Å²) in [7, 11) is 1.86. The molecule has 0 aromatic carbocycles. The van der Waals surface area contributed by atoms with Gasteiger partial charge in [0.15, 0.2) is 5.65 Å². The van der Waals surface area contributed by atoms with Gasteiger partial charge in [-0.1, -0.05) is 19.3 Å². The molecule has 1 aliphatic carbocycles. The Morgan fingerprint density at radius 3 is 2.69 bits per heavy atom. The van der Waals surface area contributed by atoms with Crippen molar-refractivity contribution in [2.45, 2.75) is 65.0 Å². The van der Waals surface area contributed by atoms with Crippen LogP contribution in [0.2, 0.25) is 0 Å². The van der Waals surface area contributed by atoms with Gasteiger partial charge in [-0.2, -0.15) is 5.10 Å². The summed E-state index contributed by atoms with van der Waals surface area (Å²) in [6, 6.07) is 4.27. The number of nitrogens with zero attached hydrogens (tertiary/aromatic N) is 5. The molecule has 0 aliphatic heterocycles. The molecular formula is C25H34N6O. The molecule has 1 N–H and O–H groups in total. The molecule has 0 saturated heterocycles. The Balaban J connectivity index is 1.60. The average molecular weight is 435 g/mol. The van der Waals surface area contributed by atoms with Crippen molar-refractivity contribution in [1.29, 1.82) is 0 Å². The second-order valence-electron chi connectivity index (χ2n) is 8.91. The molecule has 0 bridgehead atoms. The van der Waals surface area contributed by atoms with E-state index in [4.69, 9.17) is 0 Å². The highest BCUT2D eigenvalue weighted by atomic mass is 16.2. The van der Waals surface area contributed by atoms with Crippen molar-refractivity contribution < 1.29 is 4.79 Å². The Morgan fingerprint density at radius 1 is 1.22 bits per heavy atom. The fraction of sp³-hybridized carbons (Fsp3) is 0.520. The van der Waals surface area contributed by atoms with E-state index in [-0.39, 0.29) is 5.91 Å². The lowest BCUT2D eigenvalue weighted by molar-refractivity contribution is 0.0797. The largest absolute Gasteiger partial charge is 0.381 e. The Bertz CT molecular complexity index is 1040. The van der Waals surface area contributed by atoms with E-state index in [1.54, 1.807) is 23.5 Å². The first-order chi connectivity index (χ1) is 15.6. The predicted octanol–water partition coefficient (Wildman–Crippen LogP) is 4.54. The molecule has 7 heteroatoms. The maximum Gasteiger partial charge on any atom is 0.257 e. The Morgan fingerprint density at radius 2 is 1.97 bits per heavy atom. The highest BCUT2D eigenvalue weighted by Gasteiger charge is 2.25. The third kappa shape index (κ3) is 4.76. The van der Waals surface area contributed by atoms with Crippen LogP contribution in [0.4, 0.5) is 5.69 Å². The summed E-state index contributed by atoms with van der Waals surface area (Å²) in [6.07, 6.45) is 14.3. The minimum Gasteiger partial charge on any atom is -0.381 e. The molecule has 1 aliphatic rings. The molecule has 0 spiro atoms. The summed E-state index contributed by atoms with van der Waals surface area (Å²) in [6.45, 7) is 5.67. The zero-order chi connectivity index (χ0) is 22.5. The van der Waals surface area contributed by atoms with E-state index in [0.717, 1.165) is 29.7 Å². The first-order valence-corrected chi connectivity index (χ1v) is 11.8. The molecule has 1 unspecified atom stereocenters. The molecule has 0 radical (unpaired) electrons. The van der Waals surface area contributed by atoms with Gasteiger partial charge in [-0.15, -0.1) is 0 Å². The summed E-state index contributed by atoms with van der Waals surface area (Å²) >= 11 is 0. The van der Waals surface area contributed by atoms with Crippen molar-refractivity contribution in [3.8, 4) is 0 Å². The maximum atomic E-state index is 13.5. The normalized spacial score (nSPS) is 15.6. The van der Waals surface area contributed by atoms with Crippen molar-refractivity contribution in [2.24, 2.45) is 5.92 Å². The van der Waals surface area contributed by atoms with Gasteiger partial charge in [-0.05, 0) is 56.7 Å². The number of likely N-dealkylation sites (N-methyl/N-ethyl adjacent to an activating group) is 1. The number of aromatic nitrogens is 4. The van der Waals surface area contributed by atoms with Gasteiger partial charge in [-0.3, -0.25) is 9.78 Å². The number of fused-ring (bicyclic) bond motifs is 1. The number of carbonyl (C=O) groups excluding carboxylic acids is 1. The van der Waals surface area contributed by atoms with Gasteiger partial charge >= 0.3 is 0 Å². The van der Waals surface area contributed by atoms with E-state index < -0.39 is 0 Å². The second-order valence-corrected chi connectivity index (χ2v) is 8.91. The van der Waals surface area contributed by atoms with Gasteiger partial charge in [0.1, 0.15) is 0 Å². The number of hydrogen-bond acceptors (Lipinski definition) is 5. The summed E-state index contributed by atoms with van der Waals surface area (Å²) < 4.78 is 1.88. The van der Waals surface area contributed by atoms with Crippen molar-refractivity contribution in [2.75, 3.05) is 18.9 Å². The Kier molecular flexibility index (Phi) is 7.02. The zero-order valence-corrected chi connectivity index (χ0v) is 19.4. The lowest BCUT2D eigenvalue weighted by Gasteiger charge is -2.30. The first kappa shape index (κ1) is 22.2. The van der Waals surface area contributed by atoms with E-state index >= 15 is 0 Å². The lowest BCUT2D eigenvalue weighted by atomic mass is 9.84. The summed E-state index contributed by atoms with van der Waals surface area (Å²) in [4.78, 5) is 23.9. The molecule has 3 aromatic heterocycles. The van der Waals surface area contributed by atoms with Crippen LogP contribution in [0.15, 0.2) is 36.9 Å². The van der Waals surface area contributed by atoms with Crippen molar-refractivity contribution in [3.63, 3.8) is 0 Å². The molecule has 1 atom stereocenters. The first-order valence-electron chi connectivity index (χ1n) is 11.8. The van der Waals surface area contributed by atoms with E-state index in [1.807, 2.05) is 30.1 Å². The van der Waals surface area contributed by atoms with Crippen molar-refractivity contribution >= 4 is 22.6 Å². The van der Waals surface area contributed by atoms with Crippen LogP contribution in [0.3, 0.4) is 0 Å². The third-order valence-electron chi connectivity index (χ3n) is 6.76. The fourth-order valence-electron chi connectivity index (χ4n) is 4.71. The number of anilines is 1. The SMILES string of the molecule is CCn1ncc2c(NC(C)C3CCCCC3)c(C(=O)N(C)CCc3ccncc3)cnc21. The van der Waals surface area contributed by atoms with Crippen LogP contribution in [-0.4, -0.2) is 50.2 Å².